The van der Waals surface area contributed by atoms with Crippen LogP contribution >= 0.6 is 0 Å². The van der Waals surface area contributed by atoms with E-state index >= 15 is 0 Å². The summed E-state index contributed by atoms with van der Waals surface area (Å²) in [6.45, 7) is 0. The molecule has 134 valence electrons. The number of fused-ring (bicyclic) bond motifs is 3. The van der Waals surface area contributed by atoms with Gasteiger partial charge in [0, 0.05) is 16.5 Å². The molecular formula is C24H18BNO2. The highest BCUT2D eigenvalue weighted by Crippen LogP contribution is 2.32. The molecule has 1 heterocycles. The van der Waals surface area contributed by atoms with Crippen LogP contribution in [-0.4, -0.2) is 21.7 Å². The van der Waals surface area contributed by atoms with Gasteiger partial charge in [-0.3, -0.25) is 0 Å². The van der Waals surface area contributed by atoms with E-state index in [1.807, 2.05) is 36.4 Å². The van der Waals surface area contributed by atoms with E-state index < -0.39 is 48.8 Å². The fraction of sp³-hybridized carbons (Fsp3) is 0. The summed E-state index contributed by atoms with van der Waals surface area (Å²) in [5.74, 6) is 0. The molecule has 0 bridgehead atoms. The molecule has 28 heavy (non-hydrogen) atoms. The Morgan fingerprint density at radius 2 is 1.50 bits per heavy atom. The van der Waals surface area contributed by atoms with Crippen molar-refractivity contribution in [1.82, 2.24) is 4.57 Å². The molecule has 0 aliphatic heterocycles. The lowest BCUT2D eigenvalue weighted by Crippen LogP contribution is -2.29. The van der Waals surface area contributed by atoms with Crippen LogP contribution in [0.4, 0.5) is 0 Å². The van der Waals surface area contributed by atoms with Crippen molar-refractivity contribution in [2.75, 3.05) is 0 Å². The first-order valence-electron chi connectivity index (χ1n) is 12.2. The van der Waals surface area contributed by atoms with Crippen LogP contribution in [0.2, 0.25) is 0 Å². The second-order valence-corrected chi connectivity index (χ2v) is 6.36. The van der Waals surface area contributed by atoms with Crippen LogP contribution in [0, 0.1) is 0 Å². The molecular weight excluding hydrogens is 345 g/mol. The molecule has 2 N–H and O–H groups in total. The Hall–Kier alpha value is -3.34. The molecule has 0 spiro atoms. The molecule has 1 aromatic heterocycles. The fourth-order valence-electron chi connectivity index (χ4n) is 3.37. The molecule has 0 amide bonds. The summed E-state index contributed by atoms with van der Waals surface area (Å²) in [4.78, 5) is 0. The Morgan fingerprint density at radius 1 is 0.750 bits per heavy atom. The van der Waals surface area contributed by atoms with Crippen LogP contribution in [-0.2, 0) is 0 Å². The molecule has 5 aromatic rings. The smallest absolute Gasteiger partial charge is 0.423 e. The molecule has 0 radical (unpaired) electrons. The van der Waals surface area contributed by atoms with Crippen molar-refractivity contribution in [3.8, 4) is 16.8 Å². The van der Waals surface area contributed by atoms with Crippen molar-refractivity contribution in [2.24, 2.45) is 0 Å². The van der Waals surface area contributed by atoms with Gasteiger partial charge in [-0.15, -0.1) is 0 Å². The lowest BCUT2D eigenvalue weighted by atomic mass is 9.80. The third-order valence-corrected chi connectivity index (χ3v) is 4.65. The van der Waals surface area contributed by atoms with Gasteiger partial charge in [-0.25, -0.2) is 0 Å². The van der Waals surface area contributed by atoms with Gasteiger partial charge in [0.2, 0.25) is 0 Å². The average Bonchev–Trinajstić information content (AvgIpc) is 3.22. The van der Waals surface area contributed by atoms with Crippen LogP contribution in [0.3, 0.4) is 0 Å². The quantitative estimate of drug-likeness (QED) is 0.469. The van der Waals surface area contributed by atoms with E-state index in [-0.39, 0.29) is 27.8 Å². The lowest BCUT2D eigenvalue weighted by Gasteiger charge is -2.10. The maximum Gasteiger partial charge on any atom is 0.488 e. The van der Waals surface area contributed by atoms with Crippen LogP contribution in [0.25, 0.3) is 38.6 Å². The van der Waals surface area contributed by atoms with E-state index in [9.17, 15) is 10.0 Å². The molecule has 5 rings (SSSR count). The van der Waals surface area contributed by atoms with Gasteiger partial charge in [-0.2, -0.15) is 0 Å². The Bertz CT molecular complexity index is 1650. The van der Waals surface area contributed by atoms with E-state index in [1.54, 1.807) is 18.2 Å². The van der Waals surface area contributed by atoms with Gasteiger partial charge in [0.05, 0.1) is 20.6 Å². The maximum absolute atomic E-state index is 9.82. The van der Waals surface area contributed by atoms with Gasteiger partial charge in [0.25, 0.3) is 0 Å². The first-order chi connectivity index (χ1) is 16.6. The topological polar surface area (TPSA) is 45.4 Å². The van der Waals surface area contributed by atoms with Gasteiger partial charge in [0.1, 0.15) is 0 Å². The first-order valence-corrected chi connectivity index (χ1v) is 8.71. The molecule has 0 aliphatic rings. The number of para-hydroxylation sites is 1. The molecule has 4 heteroatoms. The summed E-state index contributed by atoms with van der Waals surface area (Å²) in [5.41, 5.74) is 1.79. The number of hydrogen-bond acceptors (Lipinski definition) is 2. The first kappa shape index (κ1) is 10.9. The highest BCUT2D eigenvalue weighted by atomic mass is 16.4. The zero-order chi connectivity index (χ0) is 25.2. The monoisotopic (exact) mass is 370 g/mol. The second kappa shape index (κ2) is 6.68. The van der Waals surface area contributed by atoms with Gasteiger partial charge in [-0.05, 0) is 40.8 Å². The van der Waals surface area contributed by atoms with Crippen molar-refractivity contribution in [1.29, 1.82) is 0 Å². The largest absolute Gasteiger partial charge is 0.488 e. The molecule has 0 saturated heterocycles. The van der Waals surface area contributed by atoms with Crippen LogP contribution in [0.1, 0.15) is 9.60 Å². The fourth-order valence-corrected chi connectivity index (χ4v) is 3.37. The average molecular weight is 370 g/mol. The molecule has 4 aromatic carbocycles. The summed E-state index contributed by atoms with van der Waals surface area (Å²) < 4.78 is 60.7. The molecule has 0 aliphatic carbocycles. The SMILES string of the molecule is [2H]c1c([2H])c([2H])c2c(c1[2H])c1c([2H])c(B(O)O)c([2H])c([2H])c1n2-c1cccc(-c2ccccc2)c1. The van der Waals surface area contributed by atoms with Crippen molar-refractivity contribution in [3.63, 3.8) is 0 Å². The summed E-state index contributed by atoms with van der Waals surface area (Å²) in [7, 11) is -2.20. The summed E-state index contributed by atoms with van der Waals surface area (Å²) >= 11 is 0. The number of hydrogen-bond donors (Lipinski definition) is 2. The summed E-state index contributed by atoms with van der Waals surface area (Å²) in [5, 5.41) is 19.6. The molecule has 0 saturated carbocycles. The predicted molar refractivity (Wildman–Crippen MR) is 116 cm³/mol. The Labute approximate surface area is 173 Å². The van der Waals surface area contributed by atoms with Crippen LogP contribution < -0.4 is 5.46 Å². The van der Waals surface area contributed by atoms with Gasteiger partial charge in [0.15, 0.2) is 0 Å². The minimum atomic E-state index is -2.20. The van der Waals surface area contributed by atoms with Gasteiger partial charge < -0.3 is 14.6 Å². The third-order valence-electron chi connectivity index (χ3n) is 4.65. The van der Waals surface area contributed by atoms with Crippen molar-refractivity contribution < 1.29 is 19.6 Å². The summed E-state index contributed by atoms with van der Waals surface area (Å²) in [6, 6.07) is 13.5. The number of benzene rings is 4. The van der Waals surface area contributed by atoms with Gasteiger partial charge in [-0.1, -0.05) is 72.7 Å². The molecule has 0 unspecified atom stereocenters. The minimum absolute atomic E-state index is 0.0171. The van der Waals surface area contributed by atoms with E-state index in [0.29, 0.717) is 5.69 Å². The predicted octanol–water partition coefficient (Wildman–Crippen LogP) is 4.13. The normalized spacial score (nSPS) is 14.7. The van der Waals surface area contributed by atoms with E-state index in [1.165, 1.54) is 4.57 Å². The molecule has 0 atom stereocenters. The highest BCUT2D eigenvalue weighted by Gasteiger charge is 2.16. The minimum Gasteiger partial charge on any atom is -0.423 e. The summed E-state index contributed by atoms with van der Waals surface area (Å²) in [6.07, 6.45) is 0. The highest BCUT2D eigenvalue weighted by molar-refractivity contribution is 6.59. The second-order valence-electron chi connectivity index (χ2n) is 6.36. The van der Waals surface area contributed by atoms with Crippen LogP contribution in [0.5, 0.6) is 0 Å². The standard InChI is InChI=1S/C24H18BNO2/c27-25(28)19-13-14-24-22(16-19)21-11-4-5-12-23(21)26(24)20-10-6-9-18(15-20)17-7-2-1-3-8-17/h1-16,27-28H/i4D,5D,11D,12D,13D,14D,16D. The van der Waals surface area contributed by atoms with Crippen molar-refractivity contribution in [3.05, 3.63) is 96.9 Å². The third kappa shape index (κ3) is 2.71. The Balaban J connectivity index is 2.03. The maximum atomic E-state index is 9.82. The number of nitrogens with zero attached hydrogens (tertiary/aromatic N) is 1. The van der Waals surface area contributed by atoms with Crippen molar-refractivity contribution in [2.45, 2.75) is 0 Å². The zero-order valence-corrected chi connectivity index (χ0v) is 14.6. The molecule has 3 nitrogen and oxygen atoms in total. The lowest BCUT2D eigenvalue weighted by molar-refractivity contribution is 0.426. The number of rotatable bonds is 3. The van der Waals surface area contributed by atoms with Gasteiger partial charge >= 0.3 is 7.12 Å². The van der Waals surface area contributed by atoms with E-state index in [0.717, 1.165) is 11.1 Å². The molecule has 0 fully saturated rings. The van der Waals surface area contributed by atoms with E-state index in [2.05, 4.69) is 0 Å². The Morgan fingerprint density at radius 3 is 2.32 bits per heavy atom. The zero-order valence-electron chi connectivity index (χ0n) is 21.6. The number of aromatic nitrogens is 1. The Kier molecular flexibility index (Phi) is 2.59. The van der Waals surface area contributed by atoms with Crippen molar-refractivity contribution >= 4 is 34.4 Å². The van der Waals surface area contributed by atoms with Crippen LogP contribution in [0.15, 0.2) is 96.9 Å². The van der Waals surface area contributed by atoms with E-state index in [4.69, 9.17) is 9.60 Å².